The van der Waals surface area contributed by atoms with E-state index in [1.807, 2.05) is 0 Å². The topological polar surface area (TPSA) is 26.3 Å². The summed E-state index contributed by atoms with van der Waals surface area (Å²) in [5, 5.41) is 0. The zero-order valence-corrected chi connectivity index (χ0v) is 36.8. The number of rotatable bonds is 16. The van der Waals surface area contributed by atoms with Crippen LogP contribution in [0.15, 0.2) is 12.2 Å². The number of carbonyl (C=O) groups is 1. The van der Waals surface area contributed by atoms with E-state index < -0.39 is 0 Å². The summed E-state index contributed by atoms with van der Waals surface area (Å²) in [4.78, 5) is 15.7. The number of allylic oxidation sites excluding steroid dienone is 2. The van der Waals surface area contributed by atoms with E-state index in [0.717, 1.165) is 19.3 Å². The number of carbonyl (C=O) groups excluding carboxylic acids is 1. The smallest absolute Gasteiger partial charge is 0.312 e. The molecule has 0 unspecified atom stereocenters. The van der Waals surface area contributed by atoms with Gasteiger partial charge in [-0.05, 0) is 95.3 Å². The molecule has 0 N–H and O–H groups in total. The van der Waals surface area contributed by atoms with Gasteiger partial charge in [-0.3, -0.25) is 4.79 Å². The van der Waals surface area contributed by atoms with E-state index in [0.29, 0.717) is 17.8 Å². The lowest BCUT2D eigenvalue weighted by Gasteiger charge is -2.46. The van der Waals surface area contributed by atoms with Gasteiger partial charge < -0.3 is 4.74 Å². The molecule has 0 aromatic heterocycles. The molecule has 3 saturated carbocycles. The summed E-state index contributed by atoms with van der Waals surface area (Å²) in [5.74, 6) is 1.31. The Morgan fingerprint density at radius 1 is 0.426 bits per heavy atom. The normalized spacial score (nSPS) is 22.2. The van der Waals surface area contributed by atoms with E-state index >= 15 is 4.79 Å². The van der Waals surface area contributed by atoms with Gasteiger partial charge in [0.15, 0.2) is 0 Å². The Labute approximate surface area is 339 Å². The molecule has 2 heteroatoms. The van der Waals surface area contributed by atoms with Crippen LogP contribution in [0.3, 0.4) is 0 Å². The maximum absolute atomic E-state index is 15.7. The molecule has 3 rings (SSSR count). The van der Waals surface area contributed by atoms with Crippen molar-refractivity contribution < 1.29 is 9.53 Å². The fourth-order valence-corrected chi connectivity index (χ4v) is 11.0. The van der Waals surface area contributed by atoms with E-state index in [-0.39, 0.29) is 11.5 Å². The van der Waals surface area contributed by atoms with Gasteiger partial charge in [0.05, 0.1) is 5.41 Å². The van der Waals surface area contributed by atoms with Gasteiger partial charge in [-0.1, -0.05) is 218 Å². The first-order chi connectivity index (χ1) is 26.8. The maximum atomic E-state index is 15.7. The summed E-state index contributed by atoms with van der Waals surface area (Å²) in [7, 11) is 0. The molecular formula is C52H96O2. The Morgan fingerprint density at radius 3 is 1.11 bits per heavy atom. The van der Waals surface area contributed by atoms with Crippen LogP contribution in [0, 0.1) is 17.3 Å². The van der Waals surface area contributed by atoms with Gasteiger partial charge in [0.1, 0.15) is 6.10 Å². The number of unbranched alkanes of at least 4 members (excludes halogenated alkanes) is 8. The van der Waals surface area contributed by atoms with Gasteiger partial charge >= 0.3 is 5.97 Å². The summed E-state index contributed by atoms with van der Waals surface area (Å²) in [6.45, 7) is 2.30. The summed E-state index contributed by atoms with van der Waals surface area (Å²) in [5.41, 5.74) is -0.281. The van der Waals surface area contributed by atoms with Gasteiger partial charge in [-0.25, -0.2) is 0 Å². The van der Waals surface area contributed by atoms with E-state index in [1.54, 1.807) is 0 Å². The van der Waals surface area contributed by atoms with Crippen molar-refractivity contribution in [2.24, 2.45) is 17.3 Å². The molecule has 0 aromatic carbocycles. The summed E-state index contributed by atoms with van der Waals surface area (Å²) in [6.07, 6.45) is 63.3. The van der Waals surface area contributed by atoms with Gasteiger partial charge in [-0.2, -0.15) is 0 Å². The molecule has 316 valence electrons. The van der Waals surface area contributed by atoms with Gasteiger partial charge in [0, 0.05) is 0 Å². The maximum Gasteiger partial charge on any atom is 0.312 e. The van der Waals surface area contributed by atoms with Gasteiger partial charge in [0.25, 0.3) is 0 Å². The first kappa shape index (κ1) is 47.6. The molecule has 0 saturated heterocycles. The van der Waals surface area contributed by atoms with E-state index in [4.69, 9.17) is 4.74 Å². The van der Waals surface area contributed by atoms with Gasteiger partial charge in [0.2, 0.25) is 0 Å². The van der Waals surface area contributed by atoms with E-state index in [1.165, 1.54) is 263 Å². The highest BCUT2D eigenvalue weighted by atomic mass is 16.5. The molecule has 54 heavy (non-hydrogen) atoms. The Kier molecular flexibility index (Phi) is 29.3. The van der Waals surface area contributed by atoms with Crippen molar-refractivity contribution in [3.63, 3.8) is 0 Å². The van der Waals surface area contributed by atoms with Crippen molar-refractivity contribution in [2.75, 3.05) is 0 Å². The van der Waals surface area contributed by atoms with Crippen LogP contribution < -0.4 is 0 Å². The van der Waals surface area contributed by atoms with Crippen LogP contribution >= 0.6 is 0 Å². The molecule has 3 aliphatic rings. The van der Waals surface area contributed by atoms with Crippen LogP contribution in [-0.4, -0.2) is 12.1 Å². The lowest BCUT2D eigenvalue weighted by molar-refractivity contribution is -0.174. The minimum Gasteiger partial charge on any atom is -0.462 e. The minimum atomic E-state index is -0.281. The Morgan fingerprint density at radius 2 is 0.741 bits per heavy atom. The van der Waals surface area contributed by atoms with Crippen molar-refractivity contribution in [3.8, 4) is 0 Å². The second-order valence-corrected chi connectivity index (χ2v) is 19.0. The Bertz CT molecular complexity index is 810. The van der Waals surface area contributed by atoms with Crippen molar-refractivity contribution in [3.05, 3.63) is 12.2 Å². The summed E-state index contributed by atoms with van der Waals surface area (Å²) < 4.78 is 7.12. The lowest BCUT2D eigenvalue weighted by atomic mass is 9.58. The van der Waals surface area contributed by atoms with Crippen molar-refractivity contribution >= 4 is 5.97 Å². The van der Waals surface area contributed by atoms with Crippen LogP contribution in [0.1, 0.15) is 289 Å². The lowest BCUT2D eigenvalue weighted by Crippen LogP contribution is -2.48. The van der Waals surface area contributed by atoms with Crippen LogP contribution in [-0.2, 0) is 9.53 Å². The van der Waals surface area contributed by atoms with Gasteiger partial charge in [-0.15, -0.1) is 0 Å². The van der Waals surface area contributed by atoms with Crippen molar-refractivity contribution in [1.82, 2.24) is 0 Å². The largest absolute Gasteiger partial charge is 0.462 e. The SMILES string of the molecule is CCCCCC/C=C\CCCCCCC(C(=O)OC1CCCCCCCCCCC1)(C1CCCCCCCCCCC1)C1CCCCCCCCCCC1. The number of hydrogen-bond donors (Lipinski definition) is 0. The van der Waals surface area contributed by atoms with Crippen LogP contribution in [0.4, 0.5) is 0 Å². The molecule has 0 aromatic rings. The molecule has 0 heterocycles. The monoisotopic (exact) mass is 753 g/mol. The molecule has 0 amide bonds. The highest BCUT2D eigenvalue weighted by molar-refractivity contribution is 5.78. The summed E-state index contributed by atoms with van der Waals surface area (Å²) >= 11 is 0. The predicted molar refractivity (Wildman–Crippen MR) is 237 cm³/mol. The highest BCUT2D eigenvalue weighted by Gasteiger charge is 2.51. The van der Waals surface area contributed by atoms with Crippen molar-refractivity contribution in [1.29, 1.82) is 0 Å². The molecule has 3 fully saturated rings. The molecule has 2 nitrogen and oxygen atoms in total. The molecule has 0 aliphatic heterocycles. The predicted octanol–water partition coefficient (Wildman–Crippen LogP) is 17.9. The minimum absolute atomic E-state index is 0.141. The Balaban J connectivity index is 1.86. The molecular weight excluding hydrogens is 657 g/mol. The average molecular weight is 753 g/mol. The third-order valence-corrected chi connectivity index (χ3v) is 14.5. The fraction of sp³-hybridized carbons (Fsp3) is 0.942. The molecule has 3 aliphatic carbocycles. The van der Waals surface area contributed by atoms with E-state index in [9.17, 15) is 0 Å². The number of hydrogen-bond acceptors (Lipinski definition) is 2. The zero-order valence-electron chi connectivity index (χ0n) is 36.8. The third-order valence-electron chi connectivity index (χ3n) is 14.5. The zero-order chi connectivity index (χ0) is 38.0. The average Bonchev–Trinajstić information content (AvgIpc) is 3.16. The first-order valence-electron chi connectivity index (χ1n) is 25.6. The molecule has 0 bridgehead atoms. The standard InChI is InChI=1S/C52H96O2/c1-2-3-4-5-6-7-8-9-19-26-33-40-47-52(48-41-34-27-20-13-10-14-21-28-35-42-48,49-43-36-29-22-15-11-16-23-30-37-44-49)51(53)54-50-45-38-31-24-17-12-18-25-32-39-46-50/h7-8,48-50H,2-6,9-47H2,1H3/b8-7-. The highest BCUT2D eigenvalue weighted by Crippen LogP contribution is 2.51. The quantitative estimate of drug-likeness (QED) is 0.0891. The van der Waals surface area contributed by atoms with Crippen LogP contribution in [0.2, 0.25) is 0 Å². The fourth-order valence-electron chi connectivity index (χ4n) is 11.0. The second-order valence-electron chi connectivity index (χ2n) is 19.0. The van der Waals surface area contributed by atoms with E-state index in [2.05, 4.69) is 19.1 Å². The number of esters is 1. The van der Waals surface area contributed by atoms with Crippen LogP contribution in [0.5, 0.6) is 0 Å². The molecule has 0 radical (unpaired) electrons. The molecule has 0 atom stereocenters. The van der Waals surface area contributed by atoms with Crippen LogP contribution in [0.25, 0.3) is 0 Å². The second kappa shape index (κ2) is 33.2. The Hall–Kier alpha value is -0.790. The van der Waals surface area contributed by atoms with Crippen molar-refractivity contribution in [2.45, 2.75) is 296 Å². The summed E-state index contributed by atoms with van der Waals surface area (Å²) in [6, 6.07) is 0. The number of ether oxygens (including phenoxy) is 1. The molecule has 0 spiro atoms. The first-order valence-corrected chi connectivity index (χ1v) is 25.6. The third kappa shape index (κ3) is 21.1.